The molecule has 0 saturated carbocycles. The highest BCUT2D eigenvalue weighted by Crippen LogP contribution is 2.34. The minimum Gasteiger partial charge on any atom is -0.497 e. The minimum absolute atomic E-state index is 0.232. The van der Waals surface area contributed by atoms with Crippen LogP contribution in [0.5, 0.6) is 5.75 Å². The number of amides is 1. The zero-order valence-corrected chi connectivity index (χ0v) is 10.4. The van der Waals surface area contributed by atoms with Gasteiger partial charge in [-0.3, -0.25) is 4.79 Å². The van der Waals surface area contributed by atoms with Crippen molar-refractivity contribution >= 4 is 11.6 Å². The lowest BCUT2D eigenvalue weighted by Crippen LogP contribution is -2.29. The Morgan fingerprint density at radius 3 is 2.79 bits per heavy atom. The van der Waals surface area contributed by atoms with Gasteiger partial charge in [0.2, 0.25) is 5.91 Å². The van der Waals surface area contributed by atoms with Crippen molar-refractivity contribution in [3.63, 3.8) is 0 Å². The molecule has 2 rings (SSSR count). The summed E-state index contributed by atoms with van der Waals surface area (Å²) in [4.78, 5) is 13.4. The molecular formula is C13H14F3NO2. The molecule has 0 radical (unpaired) electrons. The van der Waals surface area contributed by atoms with Gasteiger partial charge in [0.15, 0.2) is 0 Å². The average Bonchev–Trinajstić information content (AvgIpc) is 2.69. The summed E-state index contributed by atoms with van der Waals surface area (Å²) in [6.45, 7) is 0.312. The molecular weight excluding hydrogens is 259 g/mol. The van der Waals surface area contributed by atoms with E-state index < -0.39 is 24.4 Å². The van der Waals surface area contributed by atoms with Crippen LogP contribution in [0.2, 0.25) is 0 Å². The molecule has 19 heavy (non-hydrogen) atoms. The molecule has 104 valence electrons. The second-order valence-electron chi connectivity index (χ2n) is 4.50. The molecule has 0 unspecified atom stereocenters. The largest absolute Gasteiger partial charge is 0.497 e. The summed E-state index contributed by atoms with van der Waals surface area (Å²) in [6.07, 6.45) is -5.12. The van der Waals surface area contributed by atoms with E-state index in [0.29, 0.717) is 18.0 Å². The zero-order valence-electron chi connectivity index (χ0n) is 10.4. The lowest BCUT2D eigenvalue weighted by Gasteiger charge is -2.18. The van der Waals surface area contributed by atoms with Gasteiger partial charge in [0.1, 0.15) is 5.75 Å². The minimum atomic E-state index is -4.30. The summed E-state index contributed by atoms with van der Waals surface area (Å²) in [5.41, 5.74) is 0.578. The molecule has 0 aliphatic carbocycles. The highest BCUT2D eigenvalue weighted by molar-refractivity contribution is 5.97. The average molecular weight is 273 g/mol. The smallest absolute Gasteiger partial charge is 0.389 e. The maximum atomic E-state index is 12.3. The van der Waals surface area contributed by atoms with E-state index in [9.17, 15) is 18.0 Å². The third kappa shape index (κ3) is 3.19. The molecule has 1 heterocycles. The fraction of sp³-hybridized carbons (Fsp3) is 0.462. The molecule has 1 fully saturated rings. The van der Waals surface area contributed by atoms with Crippen LogP contribution in [0.1, 0.15) is 12.8 Å². The van der Waals surface area contributed by atoms with Crippen LogP contribution in [0.25, 0.3) is 0 Å². The third-order valence-electron chi connectivity index (χ3n) is 3.16. The first-order chi connectivity index (χ1) is 8.90. The summed E-state index contributed by atoms with van der Waals surface area (Å²) < 4.78 is 42.1. The van der Waals surface area contributed by atoms with Crippen LogP contribution in [0.3, 0.4) is 0 Å². The first-order valence-electron chi connectivity index (χ1n) is 5.93. The highest BCUT2D eigenvalue weighted by atomic mass is 19.4. The van der Waals surface area contributed by atoms with Gasteiger partial charge in [-0.2, -0.15) is 13.2 Å². The summed E-state index contributed by atoms with van der Waals surface area (Å²) in [7, 11) is 1.50. The van der Waals surface area contributed by atoms with Gasteiger partial charge in [-0.25, -0.2) is 0 Å². The molecule has 1 atom stereocenters. The summed E-state index contributed by atoms with van der Waals surface area (Å²) >= 11 is 0. The van der Waals surface area contributed by atoms with Gasteiger partial charge in [-0.05, 0) is 18.6 Å². The standard InChI is InChI=1S/C13H14F3NO2/c1-19-11-4-2-3-10(7-11)17-6-5-9(12(17)18)8-13(14,15)16/h2-4,7,9H,5-6,8H2,1H3/t9-/m0/s1. The highest BCUT2D eigenvalue weighted by Gasteiger charge is 2.40. The normalized spacial score (nSPS) is 19.9. The Labute approximate surface area is 109 Å². The first-order valence-corrected chi connectivity index (χ1v) is 5.93. The molecule has 1 aromatic carbocycles. The number of alkyl halides is 3. The van der Waals surface area contributed by atoms with Crippen molar-refractivity contribution in [1.82, 2.24) is 0 Å². The van der Waals surface area contributed by atoms with E-state index in [1.165, 1.54) is 12.0 Å². The first kappa shape index (κ1) is 13.7. The van der Waals surface area contributed by atoms with E-state index in [0.717, 1.165) is 0 Å². The Bertz CT molecular complexity index is 473. The van der Waals surface area contributed by atoms with Crippen molar-refractivity contribution in [2.45, 2.75) is 19.0 Å². The molecule has 0 aromatic heterocycles. The lowest BCUT2D eigenvalue weighted by molar-refractivity contribution is -0.151. The number of nitrogens with zero attached hydrogens (tertiary/aromatic N) is 1. The molecule has 0 spiro atoms. The quantitative estimate of drug-likeness (QED) is 0.847. The Morgan fingerprint density at radius 2 is 2.16 bits per heavy atom. The molecule has 1 aliphatic heterocycles. The van der Waals surface area contributed by atoms with E-state index in [4.69, 9.17) is 4.74 Å². The number of carbonyl (C=O) groups excluding carboxylic acids is 1. The van der Waals surface area contributed by atoms with E-state index in [1.807, 2.05) is 0 Å². The second kappa shape index (κ2) is 5.11. The van der Waals surface area contributed by atoms with Crippen molar-refractivity contribution in [1.29, 1.82) is 0 Å². The maximum Gasteiger partial charge on any atom is 0.389 e. The molecule has 1 saturated heterocycles. The van der Waals surface area contributed by atoms with Crippen LogP contribution < -0.4 is 9.64 Å². The number of methoxy groups -OCH3 is 1. The third-order valence-corrected chi connectivity index (χ3v) is 3.16. The van der Waals surface area contributed by atoms with Gasteiger partial charge in [-0.15, -0.1) is 0 Å². The summed E-state index contributed by atoms with van der Waals surface area (Å²) in [6, 6.07) is 6.76. The van der Waals surface area contributed by atoms with E-state index in [2.05, 4.69) is 0 Å². The van der Waals surface area contributed by atoms with Gasteiger partial charge >= 0.3 is 6.18 Å². The number of rotatable bonds is 3. The van der Waals surface area contributed by atoms with Crippen molar-refractivity contribution in [3.05, 3.63) is 24.3 Å². The number of benzene rings is 1. The molecule has 0 bridgehead atoms. The van der Waals surface area contributed by atoms with Crippen LogP contribution in [0, 0.1) is 5.92 Å². The van der Waals surface area contributed by atoms with Crippen LogP contribution in [-0.2, 0) is 4.79 Å². The number of anilines is 1. The maximum absolute atomic E-state index is 12.3. The Hall–Kier alpha value is -1.72. The summed E-state index contributed by atoms with van der Waals surface area (Å²) in [5, 5.41) is 0. The Morgan fingerprint density at radius 1 is 1.42 bits per heavy atom. The van der Waals surface area contributed by atoms with Crippen molar-refractivity contribution < 1.29 is 22.7 Å². The number of carbonyl (C=O) groups is 1. The fourth-order valence-electron chi connectivity index (χ4n) is 2.24. The molecule has 3 nitrogen and oxygen atoms in total. The van der Waals surface area contributed by atoms with Gasteiger partial charge < -0.3 is 9.64 Å². The van der Waals surface area contributed by atoms with E-state index >= 15 is 0 Å². The topological polar surface area (TPSA) is 29.5 Å². The van der Waals surface area contributed by atoms with Crippen molar-refractivity contribution in [3.8, 4) is 5.75 Å². The van der Waals surface area contributed by atoms with Crippen molar-refractivity contribution in [2.75, 3.05) is 18.6 Å². The van der Waals surface area contributed by atoms with Gasteiger partial charge in [0.05, 0.1) is 13.5 Å². The molecule has 6 heteroatoms. The monoisotopic (exact) mass is 273 g/mol. The predicted octanol–water partition coefficient (Wildman–Crippen LogP) is 3.00. The Balaban J connectivity index is 2.13. The predicted molar refractivity (Wildman–Crippen MR) is 64.1 cm³/mol. The van der Waals surface area contributed by atoms with Crippen LogP contribution >= 0.6 is 0 Å². The van der Waals surface area contributed by atoms with Crippen LogP contribution in [0.4, 0.5) is 18.9 Å². The van der Waals surface area contributed by atoms with Gasteiger partial charge in [0.25, 0.3) is 0 Å². The Kier molecular flexibility index (Phi) is 3.68. The number of halogens is 3. The number of hydrogen-bond acceptors (Lipinski definition) is 2. The second-order valence-corrected chi connectivity index (χ2v) is 4.50. The van der Waals surface area contributed by atoms with E-state index in [-0.39, 0.29) is 6.42 Å². The molecule has 1 amide bonds. The SMILES string of the molecule is COc1cccc(N2CC[C@@H](CC(F)(F)F)C2=O)c1. The van der Waals surface area contributed by atoms with Crippen LogP contribution in [-0.4, -0.2) is 25.7 Å². The number of hydrogen-bond donors (Lipinski definition) is 0. The zero-order chi connectivity index (χ0) is 14.0. The summed E-state index contributed by atoms with van der Waals surface area (Å²) in [5.74, 6) is -0.860. The molecule has 1 aliphatic rings. The van der Waals surface area contributed by atoms with Gasteiger partial charge in [-0.1, -0.05) is 6.07 Å². The molecule has 1 aromatic rings. The van der Waals surface area contributed by atoms with E-state index in [1.54, 1.807) is 24.3 Å². The fourth-order valence-corrected chi connectivity index (χ4v) is 2.24. The van der Waals surface area contributed by atoms with Gasteiger partial charge in [0, 0.05) is 24.2 Å². The number of ether oxygens (including phenoxy) is 1. The van der Waals surface area contributed by atoms with Crippen LogP contribution in [0.15, 0.2) is 24.3 Å². The lowest BCUT2D eigenvalue weighted by atomic mass is 10.0. The van der Waals surface area contributed by atoms with Crippen molar-refractivity contribution in [2.24, 2.45) is 5.92 Å². The molecule has 0 N–H and O–H groups in total.